The van der Waals surface area contributed by atoms with Gasteiger partial charge >= 0.3 is 5.97 Å². The van der Waals surface area contributed by atoms with Gasteiger partial charge in [-0.2, -0.15) is 0 Å². The van der Waals surface area contributed by atoms with Crippen molar-refractivity contribution in [2.24, 2.45) is 45.9 Å². The van der Waals surface area contributed by atoms with Crippen LogP contribution in [0.2, 0.25) is 0 Å². The molecule has 0 bridgehead atoms. The number of nitrogens with two attached hydrogens (primary N) is 3. The summed E-state index contributed by atoms with van der Waals surface area (Å²) in [5.41, 5.74) is 16.5. The smallest absolute Gasteiger partial charge is 0.326 e. The Morgan fingerprint density at radius 2 is 1.20 bits per heavy atom. The molecule has 23 heteroatoms. The summed E-state index contributed by atoms with van der Waals surface area (Å²) in [7, 11) is 0. The van der Waals surface area contributed by atoms with Gasteiger partial charge in [0.25, 0.3) is 0 Å². The molecule has 15 N–H and O–H groups in total. The Kier molecular flexibility index (Phi) is 25.2. The average molecular weight is 939 g/mol. The molecule has 23 nitrogen and oxygen atoms in total. The summed E-state index contributed by atoms with van der Waals surface area (Å²) in [5.74, 6) is -8.31. The molecule has 0 aromatic rings. The zero-order valence-electron chi connectivity index (χ0n) is 40.3. The molecular formula is C43H78N12O11. The first-order valence-electron chi connectivity index (χ1n) is 22.8. The minimum atomic E-state index is -1.51. The number of carbonyl (C=O) groups is 9. The van der Waals surface area contributed by atoms with Gasteiger partial charge in [-0.15, -0.1) is 0 Å². The Bertz CT molecular complexity index is 1700. The van der Waals surface area contributed by atoms with Crippen molar-refractivity contribution in [2.45, 2.75) is 169 Å². The van der Waals surface area contributed by atoms with Crippen molar-refractivity contribution >= 4 is 59.2 Å². The predicted octanol–water partition coefficient (Wildman–Crippen LogP) is -2.34. The Morgan fingerprint density at radius 3 is 1.71 bits per heavy atom. The maximum absolute atomic E-state index is 14.0. The number of aliphatic hydroxyl groups excluding tert-OH is 1. The second-order valence-electron chi connectivity index (χ2n) is 18.3. The lowest BCUT2D eigenvalue weighted by Gasteiger charge is -2.32. The van der Waals surface area contributed by atoms with Crippen LogP contribution >= 0.6 is 0 Å². The lowest BCUT2D eigenvalue weighted by molar-refractivity contribution is -0.144. The van der Waals surface area contributed by atoms with E-state index < -0.39 is 126 Å². The van der Waals surface area contributed by atoms with Gasteiger partial charge in [0.1, 0.15) is 48.3 Å². The van der Waals surface area contributed by atoms with Crippen LogP contribution in [0.1, 0.15) is 114 Å². The largest absolute Gasteiger partial charge is 0.480 e. The highest BCUT2D eigenvalue weighted by molar-refractivity contribution is 5.98. The summed E-state index contributed by atoms with van der Waals surface area (Å²) in [5, 5.41) is 38.2. The second-order valence-corrected chi connectivity index (χ2v) is 18.3. The normalized spacial score (nSPS) is 17.7. The molecule has 0 unspecified atom stereocenters. The van der Waals surface area contributed by atoms with Crippen molar-refractivity contribution in [3.63, 3.8) is 0 Å². The van der Waals surface area contributed by atoms with Crippen LogP contribution in [0, 0.1) is 23.7 Å². The number of aliphatic carboxylic acids is 1. The molecule has 1 heterocycles. The number of carboxylic acid groups (broad SMARTS) is 1. The van der Waals surface area contributed by atoms with Crippen LogP contribution in [0.15, 0.2) is 4.99 Å². The number of aliphatic hydroxyl groups is 1. The van der Waals surface area contributed by atoms with Crippen molar-refractivity contribution in [2.75, 3.05) is 19.7 Å². The summed E-state index contributed by atoms with van der Waals surface area (Å²) in [6.45, 7) is 16.3. The molecule has 1 aliphatic rings. The van der Waals surface area contributed by atoms with Gasteiger partial charge in [-0.05, 0) is 76.0 Å². The van der Waals surface area contributed by atoms with E-state index in [9.17, 15) is 53.4 Å². The molecule has 1 rings (SSSR count). The summed E-state index contributed by atoms with van der Waals surface area (Å²) in [4.78, 5) is 125. The minimum absolute atomic E-state index is 0.0249. The summed E-state index contributed by atoms with van der Waals surface area (Å²) < 4.78 is 0. The Labute approximate surface area is 388 Å². The van der Waals surface area contributed by atoms with Crippen molar-refractivity contribution in [1.29, 1.82) is 0 Å². The van der Waals surface area contributed by atoms with E-state index in [0.717, 1.165) is 0 Å². The van der Waals surface area contributed by atoms with Crippen LogP contribution in [0.5, 0.6) is 0 Å². The topological polar surface area (TPSA) is 372 Å². The van der Waals surface area contributed by atoms with Gasteiger partial charge in [0.05, 0.1) is 12.6 Å². The first kappa shape index (κ1) is 58.4. The molecule has 376 valence electrons. The molecule has 0 radical (unpaired) electrons. The van der Waals surface area contributed by atoms with E-state index in [4.69, 9.17) is 17.2 Å². The van der Waals surface area contributed by atoms with E-state index in [-0.39, 0.29) is 63.0 Å². The minimum Gasteiger partial charge on any atom is -0.480 e. The first-order chi connectivity index (χ1) is 30.7. The van der Waals surface area contributed by atoms with Crippen molar-refractivity contribution in [3.8, 4) is 0 Å². The summed E-state index contributed by atoms with van der Waals surface area (Å²) in [6, 6.07) is -10.6. The number of likely N-dealkylation sites (tertiary alicyclic amines) is 1. The Morgan fingerprint density at radius 1 is 0.667 bits per heavy atom. The highest BCUT2D eigenvalue weighted by atomic mass is 16.4. The summed E-state index contributed by atoms with van der Waals surface area (Å²) in [6.07, 6.45) is 1.52. The van der Waals surface area contributed by atoms with E-state index >= 15 is 0 Å². The number of aliphatic imine (C=N–C) groups is 1. The molecule has 10 atom stereocenters. The standard InChI is InChI=1S/C43H78N12O11/c1-11-24(8)33(54-35(58)26(10)48-34(57)25(9)44)40(63)52-30(20-56)41(64)55-17-13-15-31(55)38(61)53-32(23(6)7)39(62)50-28(18-21(2)3)37(60)49-27(14-12-16-47-43(45)46)36(59)51-29(42(65)66)19-22(4)5/h21-33,56H,11-20,44H2,1-10H3,(H,48,57)(H,49,60)(H,50,62)(H,51,59)(H,52,63)(H,53,61)(H,54,58)(H,65,66)(H4,45,46,47)/t24-,25-,26-,27-,28-,29-,30-,31-,32-,33-/m0/s1. The van der Waals surface area contributed by atoms with E-state index in [1.165, 1.54) is 18.7 Å². The fourth-order valence-corrected chi connectivity index (χ4v) is 7.10. The summed E-state index contributed by atoms with van der Waals surface area (Å²) >= 11 is 0. The molecule has 0 saturated carbocycles. The molecule has 0 aromatic carbocycles. The molecule has 0 spiro atoms. The molecule has 1 fully saturated rings. The van der Waals surface area contributed by atoms with Crippen LogP contribution in [0.25, 0.3) is 0 Å². The molecule has 1 saturated heterocycles. The Balaban J connectivity index is 3.27. The quantitative estimate of drug-likeness (QED) is 0.0222. The molecule has 0 aliphatic carbocycles. The molecular weight excluding hydrogens is 861 g/mol. The average Bonchev–Trinajstić information content (AvgIpc) is 3.73. The van der Waals surface area contributed by atoms with Crippen LogP contribution < -0.4 is 54.4 Å². The number of rotatable bonds is 28. The van der Waals surface area contributed by atoms with Crippen LogP contribution in [0.3, 0.4) is 0 Å². The van der Waals surface area contributed by atoms with Gasteiger partial charge in [0.15, 0.2) is 5.96 Å². The second kappa shape index (κ2) is 28.5. The molecule has 0 aromatic heterocycles. The molecule has 1 aliphatic heterocycles. The highest BCUT2D eigenvalue weighted by Crippen LogP contribution is 2.20. The third-order valence-corrected chi connectivity index (χ3v) is 11.1. The maximum Gasteiger partial charge on any atom is 0.326 e. The van der Waals surface area contributed by atoms with Gasteiger partial charge in [-0.3, -0.25) is 43.3 Å². The number of hydrogen-bond donors (Lipinski definition) is 12. The number of hydrogen-bond acceptors (Lipinski definition) is 12. The Hall–Kier alpha value is -5.58. The van der Waals surface area contributed by atoms with E-state index in [1.54, 1.807) is 41.5 Å². The lowest BCUT2D eigenvalue weighted by atomic mass is 9.97. The zero-order chi connectivity index (χ0) is 50.6. The van der Waals surface area contributed by atoms with Crippen LogP contribution in [0.4, 0.5) is 0 Å². The number of nitrogens with one attached hydrogen (secondary N) is 7. The SMILES string of the molecule is CC[C@H](C)[C@H](NC(=O)[C@H](C)NC(=O)[C@H](C)N)C(=O)N[C@@H](CO)C(=O)N1CCC[C@H]1C(=O)N[C@H](C(=O)N[C@@H](CC(C)C)C(=O)N[C@@H](CCCN=C(N)N)C(=O)N[C@@H](CC(C)C)C(=O)O)C(C)C. The van der Waals surface area contributed by atoms with Gasteiger partial charge < -0.3 is 69.5 Å². The number of guanidine groups is 1. The maximum atomic E-state index is 14.0. The monoisotopic (exact) mass is 939 g/mol. The van der Waals surface area contributed by atoms with E-state index in [0.29, 0.717) is 12.8 Å². The number of nitrogens with zero attached hydrogens (tertiary/aromatic N) is 2. The third-order valence-electron chi connectivity index (χ3n) is 11.1. The predicted molar refractivity (Wildman–Crippen MR) is 245 cm³/mol. The fraction of sp³-hybridized carbons (Fsp3) is 0.767. The van der Waals surface area contributed by atoms with Crippen molar-refractivity contribution < 1.29 is 53.4 Å². The van der Waals surface area contributed by atoms with Gasteiger partial charge in [-0.25, -0.2) is 4.79 Å². The van der Waals surface area contributed by atoms with Crippen molar-refractivity contribution in [3.05, 3.63) is 0 Å². The van der Waals surface area contributed by atoms with Crippen molar-refractivity contribution in [1.82, 2.24) is 42.1 Å². The number of carboxylic acids is 1. The first-order valence-corrected chi connectivity index (χ1v) is 22.8. The number of carbonyl (C=O) groups excluding carboxylic acids is 8. The molecule has 8 amide bonds. The zero-order valence-corrected chi connectivity index (χ0v) is 40.3. The van der Waals surface area contributed by atoms with Crippen LogP contribution in [-0.2, 0) is 43.2 Å². The highest BCUT2D eigenvalue weighted by Gasteiger charge is 2.41. The fourth-order valence-electron chi connectivity index (χ4n) is 7.10. The third kappa shape index (κ3) is 19.5. The van der Waals surface area contributed by atoms with Gasteiger partial charge in [0, 0.05) is 13.1 Å². The van der Waals surface area contributed by atoms with Gasteiger partial charge in [-0.1, -0.05) is 61.8 Å². The van der Waals surface area contributed by atoms with E-state index in [2.05, 4.69) is 42.2 Å². The lowest BCUT2D eigenvalue weighted by Crippen LogP contribution is -2.61. The molecule has 66 heavy (non-hydrogen) atoms. The number of amides is 8. The van der Waals surface area contributed by atoms with Crippen LogP contribution in [-0.4, -0.2) is 148 Å². The van der Waals surface area contributed by atoms with Gasteiger partial charge in [0.2, 0.25) is 47.3 Å². The van der Waals surface area contributed by atoms with E-state index in [1.807, 2.05) is 13.8 Å².